The van der Waals surface area contributed by atoms with Crippen LogP contribution < -0.4 is 4.72 Å². The van der Waals surface area contributed by atoms with Crippen LogP contribution >= 0.6 is 0 Å². The standard InChI is InChI=1S/C14H12FNO2S/c15-13-7-4-8-14(11-13)16-19(17,18)10-9-12-5-2-1-3-6-12/h1-11,16H/b10-9+. The van der Waals surface area contributed by atoms with Gasteiger partial charge in [-0.25, -0.2) is 12.8 Å². The Labute approximate surface area is 111 Å². The van der Waals surface area contributed by atoms with E-state index in [0.717, 1.165) is 17.0 Å². The van der Waals surface area contributed by atoms with Crippen molar-refractivity contribution in [2.24, 2.45) is 0 Å². The second-order valence-electron chi connectivity index (χ2n) is 3.87. The van der Waals surface area contributed by atoms with Crippen LogP contribution in [-0.2, 0) is 10.0 Å². The van der Waals surface area contributed by atoms with Gasteiger partial charge in [0.05, 0.1) is 11.1 Å². The third kappa shape index (κ3) is 4.22. The van der Waals surface area contributed by atoms with E-state index in [1.165, 1.54) is 24.3 Å². The molecule has 0 aromatic heterocycles. The second-order valence-corrected chi connectivity index (χ2v) is 5.44. The average Bonchev–Trinajstić information content (AvgIpc) is 2.37. The Kier molecular flexibility index (Phi) is 3.97. The van der Waals surface area contributed by atoms with Gasteiger partial charge < -0.3 is 0 Å². The van der Waals surface area contributed by atoms with E-state index in [1.807, 2.05) is 18.2 Å². The molecule has 2 aromatic carbocycles. The molecule has 2 aromatic rings. The lowest BCUT2D eigenvalue weighted by Crippen LogP contribution is -2.08. The molecule has 0 unspecified atom stereocenters. The maximum atomic E-state index is 12.9. The zero-order chi connectivity index (χ0) is 13.7. The Hall–Kier alpha value is -2.14. The molecule has 5 heteroatoms. The van der Waals surface area contributed by atoms with Crippen LogP contribution in [0.2, 0.25) is 0 Å². The van der Waals surface area contributed by atoms with Gasteiger partial charge in [0.1, 0.15) is 5.82 Å². The number of hydrogen-bond acceptors (Lipinski definition) is 2. The van der Waals surface area contributed by atoms with Crippen molar-refractivity contribution >= 4 is 21.8 Å². The topological polar surface area (TPSA) is 46.2 Å². The Morgan fingerprint density at radius 1 is 1.00 bits per heavy atom. The number of benzene rings is 2. The highest BCUT2D eigenvalue weighted by Gasteiger charge is 2.05. The summed E-state index contributed by atoms with van der Waals surface area (Å²) in [7, 11) is -3.65. The molecule has 0 amide bonds. The normalized spacial score (nSPS) is 11.6. The van der Waals surface area contributed by atoms with Crippen LogP contribution in [-0.4, -0.2) is 8.42 Å². The molecule has 0 aliphatic heterocycles. The van der Waals surface area contributed by atoms with Crippen molar-refractivity contribution in [3.05, 3.63) is 71.4 Å². The molecule has 0 aliphatic carbocycles. The minimum absolute atomic E-state index is 0.192. The van der Waals surface area contributed by atoms with E-state index < -0.39 is 15.8 Å². The van der Waals surface area contributed by atoms with Crippen molar-refractivity contribution < 1.29 is 12.8 Å². The van der Waals surface area contributed by atoms with Gasteiger partial charge in [-0.3, -0.25) is 4.72 Å². The maximum absolute atomic E-state index is 12.9. The first-order valence-corrected chi connectivity index (χ1v) is 7.11. The molecule has 98 valence electrons. The Morgan fingerprint density at radius 2 is 1.74 bits per heavy atom. The van der Waals surface area contributed by atoms with Crippen molar-refractivity contribution in [1.29, 1.82) is 0 Å². The molecule has 0 saturated heterocycles. The predicted molar refractivity (Wildman–Crippen MR) is 74.4 cm³/mol. The van der Waals surface area contributed by atoms with Gasteiger partial charge in [0.2, 0.25) is 0 Å². The van der Waals surface area contributed by atoms with Gasteiger partial charge in [-0.2, -0.15) is 0 Å². The minimum atomic E-state index is -3.65. The van der Waals surface area contributed by atoms with E-state index in [0.29, 0.717) is 0 Å². The van der Waals surface area contributed by atoms with E-state index in [-0.39, 0.29) is 5.69 Å². The number of rotatable bonds is 4. The van der Waals surface area contributed by atoms with Gasteiger partial charge in [-0.05, 0) is 29.8 Å². The monoisotopic (exact) mass is 277 g/mol. The number of sulfonamides is 1. The number of anilines is 1. The van der Waals surface area contributed by atoms with Crippen LogP contribution in [0.5, 0.6) is 0 Å². The molecule has 0 bridgehead atoms. The fourth-order valence-electron chi connectivity index (χ4n) is 1.48. The minimum Gasteiger partial charge on any atom is -0.280 e. The van der Waals surface area contributed by atoms with Gasteiger partial charge >= 0.3 is 0 Å². The summed E-state index contributed by atoms with van der Waals surface area (Å²) in [5.41, 5.74) is 0.963. The first-order chi connectivity index (χ1) is 9.05. The predicted octanol–water partition coefficient (Wildman–Crippen LogP) is 3.24. The van der Waals surface area contributed by atoms with Crippen LogP contribution in [0.3, 0.4) is 0 Å². The van der Waals surface area contributed by atoms with Crippen molar-refractivity contribution in [2.75, 3.05) is 4.72 Å². The van der Waals surface area contributed by atoms with Gasteiger partial charge in [-0.1, -0.05) is 36.4 Å². The summed E-state index contributed by atoms with van der Waals surface area (Å²) in [6.45, 7) is 0. The molecule has 0 atom stereocenters. The quantitative estimate of drug-likeness (QED) is 0.932. The fourth-order valence-corrected chi connectivity index (χ4v) is 2.34. The van der Waals surface area contributed by atoms with Crippen molar-refractivity contribution in [3.8, 4) is 0 Å². The molecular weight excluding hydrogens is 265 g/mol. The zero-order valence-electron chi connectivity index (χ0n) is 9.95. The lowest BCUT2D eigenvalue weighted by atomic mass is 10.2. The first kappa shape index (κ1) is 13.3. The molecule has 0 fully saturated rings. The first-order valence-electron chi connectivity index (χ1n) is 5.57. The Morgan fingerprint density at radius 3 is 2.42 bits per heavy atom. The summed E-state index contributed by atoms with van der Waals surface area (Å²) in [6, 6.07) is 14.3. The molecule has 19 heavy (non-hydrogen) atoms. The third-order valence-corrected chi connectivity index (χ3v) is 3.34. The molecule has 3 nitrogen and oxygen atoms in total. The van der Waals surface area contributed by atoms with E-state index in [1.54, 1.807) is 12.1 Å². The van der Waals surface area contributed by atoms with Gasteiger partial charge in [0.25, 0.3) is 10.0 Å². The van der Waals surface area contributed by atoms with E-state index >= 15 is 0 Å². The number of nitrogens with one attached hydrogen (secondary N) is 1. The van der Waals surface area contributed by atoms with E-state index in [4.69, 9.17) is 0 Å². The Bertz CT molecular complexity index is 682. The summed E-state index contributed by atoms with van der Waals surface area (Å²) in [5.74, 6) is -0.493. The van der Waals surface area contributed by atoms with E-state index in [9.17, 15) is 12.8 Å². The Balaban J connectivity index is 2.13. The maximum Gasteiger partial charge on any atom is 0.255 e. The highest BCUT2D eigenvalue weighted by Crippen LogP contribution is 2.12. The molecule has 0 heterocycles. The summed E-state index contributed by atoms with van der Waals surface area (Å²) in [4.78, 5) is 0. The largest absolute Gasteiger partial charge is 0.280 e. The van der Waals surface area contributed by atoms with Crippen LogP contribution in [0.25, 0.3) is 6.08 Å². The summed E-state index contributed by atoms with van der Waals surface area (Å²) >= 11 is 0. The summed E-state index contributed by atoms with van der Waals surface area (Å²) in [6.07, 6.45) is 1.47. The number of halogens is 1. The second kappa shape index (κ2) is 5.67. The lowest BCUT2D eigenvalue weighted by Gasteiger charge is -2.03. The number of hydrogen-bond donors (Lipinski definition) is 1. The van der Waals surface area contributed by atoms with Gasteiger partial charge in [-0.15, -0.1) is 0 Å². The van der Waals surface area contributed by atoms with Crippen LogP contribution in [0.15, 0.2) is 60.0 Å². The molecule has 0 radical (unpaired) electrons. The average molecular weight is 277 g/mol. The van der Waals surface area contributed by atoms with E-state index in [2.05, 4.69) is 4.72 Å². The lowest BCUT2D eigenvalue weighted by molar-refractivity contribution is 0.609. The van der Waals surface area contributed by atoms with Crippen molar-refractivity contribution in [3.63, 3.8) is 0 Å². The van der Waals surface area contributed by atoms with Gasteiger partial charge in [0, 0.05) is 0 Å². The highest BCUT2D eigenvalue weighted by atomic mass is 32.2. The van der Waals surface area contributed by atoms with Crippen LogP contribution in [0.4, 0.5) is 10.1 Å². The smallest absolute Gasteiger partial charge is 0.255 e. The zero-order valence-corrected chi connectivity index (χ0v) is 10.8. The molecule has 0 saturated carbocycles. The molecule has 0 aliphatic rings. The summed E-state index contributed by atoms with van der Waals surface area (Å²) < 4.78 is 38.7. The van der Waals surface area contributed by atoms with Crippen molar-refractivity contribution in [1.82, 2.24) is 0 Å². The molecule has 0 spiro atoms. The molecular formula is C14H12FNO2S. The molecule has 1 N–H and O–H groups in total. The van der Waals surface area contributed by atoms with Crippen molar-refractivity contribution in [2.45, 2.75) is 0 Å². The fraction of sp³-hybridized carbons (Fsp3) is 0. The highest BCUT2D eigenvalue weighted by molar-refractivity contribution is 7.95. The SMILES string of the molecule is O=S(=O)(/C=C/c1ccccc1)Nc1cccc(F)c1. The molecule has 2 rings (SSSR count). The van der Waals surface area contributed by atoms with Gasteiger partial charge in [0.15, 0.2) is 0 Å². The van der Waals surface area contributed by atoms with Crippen LogP contribution in [0, 0.1) is 5.82 Å². The summed E-state index contributed by atoms with van der Waals surface area (Å²) in [5, 5.41) is 1.05. The van der Waals surface area contributed by atoms with Crippen LogP contribution in [0.1, 0.15) is 5.56 Å². The third-order valence-electron chi connectivity index (χ3n) is 2.32.